The van der Waals surface area contributed by atoms with Crippen molar-refractivity contribution in [3.8, 4) is 0 Å². The molecule has 0 N–H and O–H groups in total. The van der Waals surface area contributed by atoms with Crippen molar-refractivity contribution in [2.75, 3.05) is 20.1 Å². The largest absolute Gasteiger partial charge is 0.452 e. The van der Waals surface area contributed by atoms with Crippen LogP contribution in [0, 0.1) is 0 Å². The number of rotatable bonds is 5. The number of likely N-dealkylation sites (tertiary alicyclic amines) is 1. The molecule has 0 aliphatic carbocycles. The lowest BCUT2D eigenvalue weighted by atomic mass is 10.0. The number of aliphatic imine (C=N–C) groups is 1. The van der Waals surface area contributed by atoms with E-state index in [0.717, 1.165) is 38.2 Å². The molecule has 1 aromatic rings. The number of likely N-dealkylation sites (N-methyl/N-ethyl adjacent to an activating group) is 1. The number of allylic oxidation sites excluding steroid dienone is 1. The Kier molecular flexibility index (Phi) is 7.65. The van der Waals surface area contributed by atoms with Crippen LogP contribution in [0.1, 0.15) is 59.9 Å². The lowest BCUT2D eigenvalue weighted by Crippen LogP contribution is -2.54. The van der Waals surface area contributed by atoms with E-state index in [9.17, 15) is 4.79 Å². The van der Waals surface area contributed by atoms with Crippen LogP contribution in [0.3, 0.4) is 0 Å². The van der Waals surface area contributed by atoms with Gasteiger partial charge in [-0.25, -0.2) is 4.99 Å². The molecule has 1 amide bonds. The SMILES string of the molecule is CC1=CC(C)N(C(C)(C)C)C(OC(C)C(=O)N(C)C2CCN(Cc3ccccc3)CC2)=N1. The molecule has 2 unspecified atom stereocenters. The van der Waals surface area contributed by atoms with E-state index in [4.69, 9.17) is 4.74 Å². The zero-order chi connectivity index (χ0) is 23.5. The zero-order valence-corrected chi connectivity index (χ0v) is 20.8. The van der Waals surface area contributed by atoms with Crippen LogP contribution in [0.15, 0.2) is 47.1 Å². The van der Waals surface area contributed by atoms with E-state index in [1.54, 1.807) is 0 Å². The van der Waals surface area contributed by atoms with Crippen molar-refractivity contribution in [2.24, 2.45) is 4.99 Å². The number of benzene rings is 1. The Balaban J connectivity index is 1.57. The molecule has 0 bridgehead atoms. The number of ether oxygens (including phenoxy) is 1. The smallest absolute Gasteiger partial charge is 0.293 e. The fourth-order valence-electron chi connectivity index (χ4n) is 4.80. The summed E-state index contributed by atoms with van der Waals surface area (Å²) in [6.45, 7) is 15.3. The quantitative estimate of drug-likeness (QED) is 0.686. The molecule has 3 rings (SSSR count). The molecule has 32 heavy (non-hydrogen) atoms. The lowest BCUT2D eigenvalue weighted by molar-refractivity contribution is -0.140. The summed E-state index contributed by atoms with van der Waals surface area (Å²) in [6.07, 6.45) is 3.51. The van der Waals surface area contributed by atoms with Gasteiger partial charge in [0.05, 0.1) is 6.04 Å². The molecule has 2 heterocycles. The molecule has 0 radical (unpaired) electrons. The molecule has 2 aliphatic heterocycles. The van der Waals surface area contributed by atoms with Gasteiger partial charge in [0, 0.05) is 44.0 Å². The second-order valence-electron chi connectivity index (χ2n) is 10.2. The predicted octanol–water partition coefficient (Wildman–Crippen LogP) is 4.28. The Bertz CT molecular complexity index is 835. The Morgan fingerprint density at radius 2 is 1.84 bits per heavy atom. The number of amidine groups is 1. The fraction of sp³-hybridized carbons (Fsp3) is 0.615. The third-order valence-electron chi connectivity index (χ3n) is 6.42. The highest BCUT2D eigenvalue weighted by atomic mass is 16.5. The molecule has 0 spiro atoms. The van der Waals surface area contributed by atoms with E-state index in [0.29, 0.717) is 6.02 Å². The highest BCUT2D eigenvalue weighted by Gasteiger charge is 2.35. The number of hydrogen-bond acceptors (Lipinski definition) is 5. The van der Waals surface area contributed by atoms with Gasteiger partial charge in [-0.1, -0.05) is 30.3 Å². The second kappa shape index (κ2) is 10.1. The monoisotopic (exact) mass is 440 g/mol. The number of hydrogen-bond donors (Lipinski definition) is 0. The van der Waals surface area contributed by atoms with Gasteiger partial charge in [0.25, 0.3) is 11.9 Å². The average molecular weight is 441 g/mol. The summed E-state index contributed by atoms with van der Waals surface area (Å²) >= 11 is 0. The van der Waals surface area contributed by atoms with E-state index in [1.165, 1.54) is 5.56 Å². The Morgan fingerprint density at radius 3 is 2.44 bits per heavy atom. The number of carbonyl (C=O) groups is 1. The minimum atomic E-state index is -0.580. The standard InChI is InChI=1S/C26H40N4O2/c1-19-17-20(2)30(26(4,5)6)25(27-19)32-21(3)24(31)28(7)23-13-15-29(16-14-23)18-22-11-9-8-10-12-22/h8-12,17,20-21,23H,13-16,18H2,1-7H3. The van der Waals surface area contributed by atoms with Crippen molar-refractivity contribution in [2.45, 2.75) is 84.7 Å². The van der Waals surface area contributed by atoms with E-state index >= 15 is 0 Å². The van der Waals surface area contributed by atoms with E-state index in [1.807, 2.05) is 25.8 Å². The highest BCUT2D eigenvalue weighted by molar-refractivity contribution is 5.85. The van der Waals surface area contributed by atoms with Gasteiger partial charge >= 0.3 is 0 Å². The van der Waals surface area contributed by atoms with Gasteiger partial charge in [-0.3, -0.25) is 9.69 Å². The Morgan fingerprint density at radius 1 is 1.22 bits per heavy atom. The van der Waals surface area contributed by atoms with Crippen LogP contribution in [-0.2, 0) is 16.1 Å². The molecule has 1 saturated heterocycles. The van der Waals surface area contributed by atoms with Crippen LogP contribution in [0.4, 0.5) is 0 Å². The third kappa shape index (κ3) is 5.91. The first-order valence-corrected chi connectivity index (χ1v) is 11.8. The summed E-state index contributed by atoms with van der Waals surface area (Å²) in [6, 6.07) is 11.5. The fourth-order valence-corrected chi connectivity index (χ4v) is 4.80. The van der Waals surface area contributed by atoms with Gasteiger partial charge in [-0.2, -0.15) is 0 Å². The summed E-state index contributed by atoms with van der Waals surface area (Å²) in [5.41, 5.74) is 2.11. The minimum Gasteiger partial charge on any atom is -0.452 e. The molecule has 2 atom stereocenters. The molecule has 0 saturated carbocycles. The molecular weight excluding hydrogens is 400 g/mol. The molecule has 1 aromatic carbocycles. The lowest BCUT2D eigenvalue weighted by Gasteiger charge is -2.43. The third-order valence-corrected chi connectivity index (χ3v) is 6.42. The van der Waals surface area contributed by atoms with Crippen molar-refractivity contribution in [3.05, 3.63) is 47.7 Å². The van der Waals surface area contributed by atoms with Crippen LogP contribution in [-0.4, -0.2) is 70.5 Å². The first kappa shape index (κ1) is 24.3. The van der Waals surface area contributed by atoms with Gasteiger partial charge in [-0.15, -0.1) is 0 Å². The number of amides is 1. The summed E-state index contributed by atoms with van der Waals surface area (Å²) in [4.78, 5) is 24.3. The van der Waals surface area contributed by atoms with E-state index in [2.05, 4.69) is 78.9 Å². The van der Waals surface area contributed by atoms with Gasteiger partial charge < -0.3 is 14.5 Å². The van der Waals surface area contributed by atoms with Crippen molar-refractivity contribution in [1.29, 1.82) is 0 Å². The average Bonchev–Trinajstić information content (AvgIpc) is 2.72. The first-order chi connectivity index (χ1) is 15.1. The Hall–Kier alpha value is -2.34. The molecular formula is C26H40N4O2. The van der Waals surface area contributed by atoms with Crippen molar-refractivity contribution < 1.29 is 9.53 Å². The van der Waals surface area contributed by atoms with Gasteiger partial charge in [-0.05, 0) is 66.0 Å². The molecule has 2 aliphatic rings. The summed E-state index contributed by atoms with van der Waals surface area (Å²) in [7, 11) is 1.91. The van der Waals surface area contributed by atoms with Crippen molar-refractivity contribution >= 4 is 11.9 Å². The topological polar surface area (TPSA) is 48.4 Å². The van der Waals surface area contributed by atoms with Crippen LogP contribution >= 0.6 is 0 Å². The van der Waals surface area contributed by atoms with Gasteiger partial charge in [0.15, 0.2) is 6.10 Å². The normalized spacial score (nSPS) is 21.6. The molecule has 0 aromatic heterocycles. The highest BCUT2D eigenvalue weighted by Crippen LogP contribution is 2.25. The zero-order valence-electron chi connectivity index (χ0n) is 20.8. The summed E-state index contributed by atoms with van der Waals surface area (Å²) in [5.74, 6) is 0.0166. The Labute approximate surface area is 193 Å². The van der Waals surface area contributed by atoms with Crippen LogP contribution in [0.5, 0.6) is 0 Å². The van der Waals surface area contributed by atoms with Crippen LogP contribution < -0.4 is 0 Å². The van der Waals surface area contributed by atoms with E-state index < -0.39 is 6.10 Å². The van der Waals surface area contributed by atoms with Gasteiger partial charge in [0.2, 0.25) is 0 Å². The van der Waals surface area contributed by atoms with Crippen LogP contribution in [0.2, 0.25) is 0 Å². The molecule has 6 heteroatoms. The molecule has 1 fully saturated rings. The summed E-state index contributed by atoms with van der Waals surface area (Å²) < 4.78 is 6.18. The van der Waals surface area contributed by atoms with Crippen molar-refractivity contribution in [1.82, 2.24) is 14.7 Å². The number of carbonyl (C=O) groups excluding carboxylic acids is 1. The number of nitrogens with zero attached hydrogens (tertiary/aromatic N) is 4. The second-order valence-corrected chi connectivity index (χ2v) is 10.2. The molecule has 176 valence electrons. The maximum Gasteiger partial charge on any atom is 0.293 e. The summed E-state index contributed by atoms with van der Waals surface area (Å²) in [5, 5.41) is 0. The van der Waals surface area contributed by atoms with Crippen molar-refractivity contribution in [3.63, 3.8) is 0 Å². The maximum absolute atomic E-state index is 13.2. The maximum atomic E-state index is 13.2. The van der Waals surface area contributed by atoms with E-state index in [-0.39, 0.29) is 23.5 Å². The number of piperidine rings is 1. The molecule has 6 nitrogen and oxygen atoms in total. The van der Waals surface area contributed by atoms with Gasteiger partial charge in [0.1, 0.15) is 0 Å². The minimum absolute atomic E-state index is 0.0166. The first-order valence-electron chi connectivity index (χ1n) is 11.8. The van der Waals surface area contributed by atoms with Crippen LogP contribution in [0.25, 0.3) is 0 Å². The predicted molar refractivity (Wildman–Crippen MR) is 130 cm³/mol.